The van der Waals surface area contributed by atoms with Crippen molar-refractivity contribution in [1.29, 1.82) is 0 Å². The predicted octanol–water partition coefficient (Wildman–Crippen LogP) is 4.22. The molecule has 0 aliphatic rings. The Kier molecular flexibility index (Phi) is 4.45. The molecule has 0 aliphatic carbocycles. The number of esters is 1. The number of hydrogen-bond donors (Lipinski definition) is 0. The lowest BCUT2D eigenvalue weighted by molar-refractivity contribution is 0.0606. The summed E-state index contributed by atoms with van der Waals surface area (Å²) in [4.78, 5) is 13.2. The lowest BCUT2D eigenvalue weighted by Crippen LogP contribution is -1.96. The molecule has 1 heterocycles. The highest BCUT2D eigenvalue weighted by Crippen LogP contribution is 2.34. The van der Waals surface area contributed by atoms with Gasteiger partial charge in [0.05, 0.1) is 13.7 Å². The first-order chi connectivity index (χ1) is 9.56. The van der Waals surface area contributed by atoms with Crippen molar-refractivity contribution in [2.75, 3.05) is 13.7 Å². The first kappa shape index (κ1) is 14.6. The van der Waals surface area contributed by atoms with Crippen LogP contribution >= 0.6 is 11.3 Å². The number of aryl methyl sites for hydroxylation is 2. The van der Waals surface area contributed by atoms with E-state index < -0.39 is 0 Å². The number of benzene rings is 1. The molecule has 0 saturated heterocycles. The highest BCUT2D eigenvalue weighted by molar-refractivity contribution is 7.17. The molecule has 20 heavy (non-hydrogen) atoms. The van der Waals surface area contributed by atoms with Crippen molar-refractivity contribution in [2.24, 2.45) is 0 Å². The van der Waals surface area contributed by atoms with Crippen molar-refractivity contribution in [1.82, 2.24) is 0 Å². The van der Waals surface area contributed by atoms with Crippen LogP contribution < -0.4 is 4.74 Å². The van der Waals surface area contributed by atoms with Gasteiger partial charge >= 0.3 is 5.97 Å². The van der Waals surface area contributed by atoms with E-state index in [1.807, 2.05) is 26.0 Å². The van der Waals surface area contributed by atoms with Gasteiger partial charge in [0.25, 0.3) is 0 Å². The average molecular weight is 290 g/mol. The van der Waals surface area contributed by atoms with Gasteiger partial charge in [-0.1, -0.05) is 0 Å². The normalized spacial score (nSPS) is 10.4. The molecule has 1 aromatic heterocycles. The maximum absolute atomic E-state index is 11.5. The van der Waals surface area contributed by atoms with E-state index in [9.17, 15) is 4.79 Å². The van der Waals surface area contributed by atoms with E-state index in [0.29, 0.717) is 11.5 Å². The molecule has 0 spiro atoms. The molecule has 2 aromatic rings. The third kappa shape index (κ3) is 2.85. The zero-order valence-corrected chi connectivity index (χ0v) is 13.0. The number of methoxy groups -OCH3 is 1. The SMILES string of the molecule is CCOc1cc(C)c(-c2ccc(C(=O)OC)s2)cc1C. The maximum atomic E-state index is 11.5. The Morgan fingerprint density at radius 1 is 1.20 bits per heavy atom. The Morgan fingerprint density at radius 2 is 1.95 bits per heavy atom. The molecule has 4 heteroatoms. The summed E-state index contributed by atoms with van der Waals surface area (Å²) in [5.74, 6) is 0.625. The van der Waals surface area contributed by atoms with E-state index in [0.717, 1.165) is 27.3 Å². The average Bonchev–Trinajstić information content (AvgIpc) is 2.91. The maximum Gasteiger partial charge on any atom is 0.348 e. The highest BCUT2D eigenvalue weighted by atomic mass is 32.1. The summed E-state index contributed by atoms with van der Waals surface area (Å²) in [5.41, 5.74) is 3.36. The summed E-state index contributed by atoms with van der Waals surface area (Å²) >= 11 is 1.45. The molecule has 0 fully saturated rings. The van der Waals surface area contributed by atoms with Crippen LogP contribution in [-0.2, 0) is 4.74 Å². The molecular weight excluding hydrogens is 272 g/mol. The van der Waals surface area contributed by atoms with Crippen LogP contribution in [-0.4, -0.2) is 19.7 Å². The molecular formula is C16H18O3S. The van der Waals surface area contributed by atoms with Crippen LogP contribution in [0.4, 0.5) is 0 Å². The van der Waals surface area contributed by atoms with Crippen molar-refractivity contribution in [3.8, 4) is 16.2 Å². The topological polar surface area (TPSA) is 35.5 Å². The number of hydrogen-bond acceptors (Lipinski definition) is 4. The molecule has 0 amide bonds. The van der Waals surface area contributed by atoms with Crippen LogP contribution in [0.5, 0.6) is 5.75 Å². The second-order valence-corrected chi connectivity index (χ2v) is 5.60. The van der Waals surface area contributed by atoms with Crippen LogP contribution in [0.1, 0.15) is 27.7 Å². The van der Waals surface area contributed by atoms with Crippen molar-refractivity contribution in [2.45, 2.75) is 20.8 Å². The highest BCUT2D eigenvalue weighted by Gasteiger charge is 2.13. The fourth-order valence-corrected chi connectivity index (χ4v) is 3.06. The summed E-state index contributed by atoms with van der Waals surface area (Å²) in [6, 6.07) is 7.91. The van der Waals surface area contributed by atoms with Crippen LogP contribution in [0.25, 0.3) is 10.4 Å². The van der Waals surface area contributed by atoms with Gasteiger partial charge in [-0.2, -0.15) is 0 Å². The second-order valence-electron chi connectivity index (χ2n) is 4.52. The van der Waals surface area contributed by atoms with Crippen LogP contribution in [0.15, 0.2) is 24.3 Å². The first-order valence-corrected chi connectivity index (χ1v) is 7.31. The summed E-state index contributed by atoms with van der Waals surface area (Å²) in [6.07, 6.45) is 0. The van der Waals surface area contributed by atoms with Crippen molar-refractivity contribution in [3.63, 3.8) is 0 Å². The summed E-state index contributed by atoms with van der Waals surface area (Å²) in [6.45, 7) is 6.72. The molecule has 0 radical (unpaired) electrons. The van der Waals surface area contributed by atoms with E-state index in [1.165, 1.54) is 18.4 Å². The zero-order valence-electron chi connectivity index (χ0n) is 12.1. The van der Waals surface area contributed by atoms with Crippen LogP contribution in [0.3, 0.4) is 0 Å². The minimum Gasteiger partial charge on any atom is -0.494 e. The first-order valence-electron chi connectivity index (χ1n) is 6.49. The minimum atomic E-state index is -0.290. The molecule has 106 valence electrons. The van der Waals surface area contributed by atoms with Crippen LogP contribution in [0.2, 0.25) is 0 Å². The Labute approximate surface area is 123 Å². The molecule has 0 bridgehead atoms. The molecule has 0 aliphatic heterocycles. The monoisotopic (exact) mass is 290 g/mol. The molecule has 1 aromatic carbocycles. The van der Waals surface area contributed by atoms with Crippen molar-refractivity contribution < 1.29 is 14.3 Å². The van der Waals surface area contributed by atoms with E-state index in [4.69, 9.17) is 9.47 Å². The lowest BCUT2D eigenvalue weighted by Gasteiger charge is -2.11. The van der Waals surface area contributed by atoms with Gasteiger partial charge in [0.2, 0.25) is 0 Å². The fraction of sp³-hybridized carbons (Fsp3) is 0.312. The Hall–Kier alpha value is -1.81. The third-order valence-electron chi connectivity index (χ3n) is 3.08. The smallest absolute Gasteiger partial charge is 0.348 e. The number of carbonyl (C=O) groups excluding carboxylic acids is 1. The van der Waals surface area contributed by atoms with Crippen LogP contribution in [0, 0.1) is 13.8 Å². The second kappa shape index (κ2) is 6.09. The number of thiophene rings is 1. The van der Waals surface area contributed by atoms with Gasteiger partial charge in [-0.05, 0) is 61.7 Å². The number of rotatable bonds is 4. The van der Waals surface area contributed by atoms with Gasteiger partial charge in [-0.25, -0.2) is 4.79 Å². The molecule has 0 atom stereocenters. The quantitative estimate of drug-likeness (QED) is 0.791. The Morgan fingerprint density at radius 3 is 2.60 bits per heavy atom. The third-order valence-corrected chi connectivity index (χ3v) is 4.18. The number of carbonyl (C=O) groups is 1. The summed E-state index contributed by atoms with van der Waals surface area (Å²) in [5, 5.41) is 0. The summed E-state index contributed by atoms with van der Waals surface area (Å²) in [7, 11) is 1.40. The largest absolute Gasteiger partial charge is 0.494 e. The predicted molar refractivity (Wildman–Crippen MR) is 81.7 cm³/mol. The standard InChI is InChI=1S/C16H18O3S/c1-5-19-13-9-10(2)12(8-11(13)3)14-6-7-15(20-14)16(17)18-4/h6-9H,5H2,1-4H3. The molecule has 2 rings (SSSR count). The molecule has 0 N–H and O–H groups in total. The minimum absolute atomic E-state index is 0.290. The van der Waals surface area contributed by atoms with E-state index in [1.54, 1.807) is 6.07 Å². The van der Waals surface area contributed by atoms with Gasteiger partial charge < -0.3 is 9.47 Å². The molecule has 0 unspecified atom stereocenters. The Bertz CT molecular complexity index is 629. The molecule has 3 nitrogen and oxygen atoms in total. The number of ether oxygens (including phenoxy) is 2. The molecule has 0 saturated carbocycles. The van der Waals surface area contributed by atoms with E-state index >= 15 is 0 Å². The van der Waals surface area contributed by atoms with Gasteiger partial charge in [-0.3, -0.25) is 0 Å². The van der Waals surface area contributed by atoms with Crippen molar-refractivity contribution in [3.05, 3.63) is 40.3 Å². The lowest BCUT2D eigenvalue weighted by atomic mass is 10.0. The van der Waals surface area contributed by atoms with Gasteiger partial charge in [0, 0.05) is 4.88 Å². The van der Waals surface area contributed by atoms with Gasteiger partial charge in [-0.15, -0.1) is 11.3 Å². The zero-order chi connectivity index (χ0) is 14.7. The van der Waals surface area contributed by atoms with Gasteiger partial charge in [0.1, 0.15) is 10.6 Å². The Balaban J connectivity index is 2.40. The van der Waals surface area contributed by atoms with Gasteiger partial charge in [0.15, 0.2) is 0 Å². The fourth-order valence-electron chi connectivity index (χ4n) is 2.06. The van der Waals surface area contributed by atoms with E-state index in [-0.39, 0.29) is 5.97 Å². The van der Waals surface area contributed by atoms with Crippen molar-refractivity contribution >= 4 is 17.3 Å². The van der Waals surface area contributed by atoms with E-state index in [2.05, 4.69) is 13.0 Å². The summed E-state index contributed by atoms with van der Waals surface area (Å²) < 4.78 is 10.3.